The normalized spacial score (nSPS) is 18.1. The average Bonchev–Trinajstić information content (AvgIpc) is 2.67. The Balaban J connectivity index is 2.35. The SMILES string of the molecule is CCCC(CC1CC(=O)c2c(C)c(CC)cc(C(C)C)c2C1)C(CC)C(=O)CC(C)=O. The van der Waals surface area contributed by atoms with E-state index in [4.69, 9.17) is 0 Å². The number of benzene rings is 1. The summed E-state index contributed by atoms with van der Waals surface area (Å²) in [4.78, 5) is 37.6. The zero-order chi connectivity index (χ0) is 23.3. The van der Waals surface area contributed by atoms with Crippen LogP contribution in [-0.2, 0) is 22.4 Å². The first kappa shape index (κ1) is 25.5. The highest BCUT2D eigenvalue weighted by Gasteiger charge is 2.34. The fraction of sp³-hybridized carbons (Fsp3) is 0.679. The van der Waals surface area contributed by atoms with Gasteiger partial charge in [0.1, 0.15) is 11.6 Å². The van der Waals surface area contributed by atoms with Crippen molar-refractivity contribution in [2.75, 3.05) is 0 Å². The standard InChI is InChI=1S/C28H42O3/c1-8-11-22(23(10-3)26(30)12-18(6)29)13-20-14-25-24(17(4)5)16-21(9-2)19(7)28(25)27(31)15-20/h16-17,20,22-23H,8-15H2,1-7H3. The summed E-state index contributed by atoms with van der Waals surface area (Å²) in [5.41, 5.74) is 6.01. The fourth-order valence-corrected chi connectivity index (χ4v) is 5.77. The number of aryl methyl sites for hydroxylation is 1. The van der Waals surface area contributed by atoms with Crippen LogP contribution < -0.4 is 0 Å². The molecule has 172 valence electrons. The van der Waals surface area contributed by atoms with Crippen LogP contribution in [0.15, 0.2) is 6.07 Å². The van der Waals surface area contributed by atoms with Crippen LogP contribution in [0.2, 0.25) is 0 Å². The lowest BCUT2D eigenvalue weighted by molar-refractivity contribution is -0.129. The molecule has 0 saturated carbocycles. The summed E-state index contributed by atoms with van der Waals surface area (Å²) >= 11 is 0. The van der Waals surface area contributed by atoms with Gasteiger partial charge in [-0.15, -0.1) is 0 Å². The molecule has 1 aromatic rings. The number of Topliss-reactive ketones (excluding diaryl/α,β-unsaturated/α-hetero) is 3. The van der Waals surface area contributed by atoms with Crippen LogP contribution in [0, 0.1) is 24.7 Å². The minimum absolute atomic E-state index is 0.0433. The Bertz CT molecular complexity index is 818. The van der Waals surface area contributed by atoms with Gasteiger partial charge in [-0.25, -0.2) is 0 Å². The summed E-state index contributed by atoms with van der Waals surface area (Å²) in [6, 6.07) is 2.32. The van der Waals surface area contributed by atoms with E-state index in [1.165, 1.54) is 29.2 Å². The third-order valence-corrected chi connectivity index (χ3v) is 7.23. The van der Waals surface area contributed by atoms with E-state index in [1.807, 2.05) is 0 Å². The Hall–Kier alpha value is -1.77. The molecule has 0 saturated heterocycles. The first-order valence-corrected chi connectivity index (χ1v) is 12.3. The molecule has 2 rings (SSSR count). The molecule has 0 heterocycles. The van der Waals surface area contributed by atoms with E-state index >= 15 is 0 Å². The van der Waals surface area contributed by atoms with Gasteiger partial charge >= 0.3 is 0 Å². The van der Waals surface area contributed by atoms with Crippen molar-refractivity contribution < 1.29 is 14.4 Å². The van der Waals surface area contributed by atoms with Crippen molar-refractivity contribution in [3.63, 3.8) is 0 Å². The lowest BCUT2D eigenvalue weighted by atomic mass is 9.70. The number of hydrogen-bond donors (Lipinski definition) is 0. The van der Waals surface area contributed by atoms with Crippen molar-refractivity contribution in [2.45, 2.75) is 106 Å². The van der Waals surface area contributed by atoms with E-state index in [0.29, 0.717) is 12.3 Å². The molecule has 31 heavy (non-hydrogen) atoms. The van der Waals surface area contributed by atoms with Crippen molar-refractivity contribution in [1.29, 1.82) is 0 Å². The van der Waals surface area contributed by atoms with Gasteiger partial charge in [-0.1, -0.05) is 53.5 Å². The molecule has 0 fully saturated rings. The van der Waals surface area contributed by atoms with Crippen molar-refractivity contribution in [1.82, 2.24) is 0 Å². The van der Waals surface area contributed by atoms with Crippen LogP contribution in [-0.4, -0.2) is 17.3 Å². The molecule has 0 spiro atoms. The maximum atomic E-state index is 13.3. The number of carbonyl (C=O) groups is 3. The second-order valence-corrected chi connectivity index (χ2v) is 9.95. The van der Waals surface area contributed by atoms with E-state index in [9.17, 15) is 14.4 Å². The van der Waals surface area contributed by atoms with Crippen LogP contribution >= 0.6 is 0 Å². The Morgan fingerprint density at radius 1 is 1.13 bits per heavy atom. The maximum Gasteiger partial charge on any atom is 0.163 e. The van der Waals surface area contributed by atoms with E-state index in [0.717, 1.165) is 44.1 Å². The van der Waals surface area contributed by atoms with Crippen molar-refractivity contribution in [3.05, 3.63) is 33.9 Å². The topological polar surface area (TPSA) is 51.2 Å². The molecule has 3 heteroatoms. The number of ketones is 3. The summed E-state index contributed by atoms with van der Waals surface area (Å²) in [6.07, 6.45) is 6.16. The Morgan fingerprint density at radius 2 is 1.81 bits per heavy atom. The van der Waals surface area contributed by atoms with Gasteiger partial charge in [0.25, 0.3) is 0 Å². The highest BCUT2D eigenvalue weighted by Crippen LogP contribution is 2.40. The largest absolute Gasteiger partial charge is 0.300 e. The molecular formula is C28H42O3. The molecule has 3 atom stereocenters. The summed E-state index contributed by atoms with van der Waals surface area (Å²) in [5, 5.41) is 0. The number of carbonyl (C=O) groups excluding carboxylic acids is 3. The van der Waals surface area contributed by atoms with E-state index < -0.39 is 0 Å². The highest BCUT2D eigenvalue weighted by atomic mass is 16.1. The van der Waals surface area contributed by atoms with Gasteiger partial charge in [-0.05, 0) is 79.5 Å². The zero-order valence-corrected chi connectivity index (χ0v) is 20.8. The highest BCUT2D eigenvalue weighted by molar-refractivity contribution is 6.01. The van der Waals surface area contributed by atoms with Gasteiger partial charge in [0, 0.05) is 17.9 Å². The van der Waals surface area contributed by atoms with E-state index in [-0.39, 0.29) is 41.5 Å². The molecular weight excluding hydrogens is 384 g/mol. The Labute approximate surface area is 189 Å². The summed E-state index contributed by atoms with van der Waals surface area (Å²) in [7, 11) is 0. The molecule has 1 aromatic carbocycles. The molecule has 0 N–H and O–H groups in total. The summed E-state index contributed by atoms with van der Waals surface area (Å²) in [6.45, 7) is 14.4. The van der Waals surface area contributed by atoms with Crippen molar-refractivity contribution in [3.8, 4) is 0 Å². The monoisotopic (exact) mass is 426 g/mol. The first-order chi connectivity index (χ1) is 14.6. The quantitative estimate of drug-likeness (QED) is 0.365. The number of rotatable bonds is 11. The first-order valence-electron chi connectivity index (χ1n) is 12.3. The predicted molar refractivity (Wildman–Crippen MR) is 128 cm³/mol. The smallest absolute Gasteiger partial charge is 0.163 e. The van der Waals surface area contributed by atoms with Crippen LogP contribution in [0.3, 0.4) is 0 Å². The lowest BCUT2D eigenvalue weighted by Gasteiger charge is -2.33. The third-order valence-electron chi connectivity index (χ3n) is 7.23. The molecule has 3 nitrogen and oxygen atoms in total. The average molecular weight is 427 g/mol. The summed E-state index contributed by atoms with van der Waals surface area (Å²) < 4.78 is 0. The Morgan fingerprint density at radius 3 is 2.32 bits per heavy atom. The lowest BCUT2D eigenvalue weighted by Crippen LogP contribution is -2.30. The molecule has 0 radical (unpaired) electrons. The Kier molecular flexibility index (Phi) is 9.21. The van der Waals surface area contributed by atoms with Crippen LogP contribution in [0.25, 0.3) is 0 Å². The molecule has 0 aromatic heterocycles. The summed E-state index contributed by atoms with van der Waals surface area (Å²) in [5.74, 6) is 1.15. The van der Waals surface area contributed by atoms with E-state index in [1.54, 1.807) is 0 Å². The second kappa shape index (κ2) is 11.2. The minimum Gasteiger partial charge on any atom is -0.300 e. The van der Waals surface area contributed by atoms with Gasteiger partial charge in [-0.3, -0.25) is 14.4 Å². The molecule has 0 amide bonds. The third kappa shape index (κ3) is 5.93. The molecule has 3 unspecified atom stereocenters. The molecule has 1 aliphatic carbocycles. The zero-order valence-electron chi connectivity index (χ0n) is 20.8. The van der Waals surface area contributed by atoms with Gasteiger partial charge in [-0.2, -0.15) is 0 Å². The van der Waals surface area contributed by atoms with Gasteiger partial charge < -0.3 is 0 Å². The van der Waals surface area contributed by atoms with Crippen molar-refractivity contribution in [2.24, 2.45) is 17.8 Å². The van der Waals surface area contributed by atoms with E-state index in [2.05, 4.69) is 47.6 Å². The van der Waals surface area contributed by atoms with Gasteiger partial charge in [0.2, 0.25) is 0 Å². The molecule has 0 bridgehead atoms. The van der Waals surface area contributed by atoms with Crippen LogP contribution in [0.1, 0.15) is 119 Å². The molecule has 1 aliphatic rings. The maximum absolute atomic E-state index is 13.3. The minimum atomic E-state index is -0.0749. The van der Waals surface area contributed by atoms with Crippen LogP contribution in [0.4, 0.5) is 0 Å². The number of hydrogen-bond acceptors (Lipinski definition) is 3. The van der Waals surface area contributed by atoms with Gasteiger partial charge in [0.05, 0.1) is 6.42 Å². The fourth-order valence-electron chi connectivity index (χ4n) is 5.77. The number of fused-ring (bicyclic) bond motifs is 1. The van der Waals surface area contributed by atoms with Gasteiger partial charge in [0.15, 0.2) is 5.78 Å². The van der Waals surface area contributed by atoms with Crippen LogP contribution in [0.5, 0.6) is 0 Å². The molecule has 0 aliphatic heterocycles. The van der Waals surface area contributed by atoms with Crippen molar-refractivity contribution >= 4 is 17.3 Å². The predicted octanol–water partition coefficient (Wildman–Crippen LogP) is 6.81. The second-order valence-electron chi connectivity index (χ2n) is 9.95.